The van der Waals surface area contributed by atoms with Crippen molar-refractivity contribution in [1.82, 2.24) is 9.80 Å². The van der Waals surface area contributed by atoms with Gasteiger partial charge in [-0.3, -0.25) is 9.59 Å². The van der Waals surface area contributed by atoms with E-state index in [-0.39, 0.29) is 84.4 Å². The monoisotopic (exact) mass is 952 g/mol. The van der Waals surface area contributed by atoms with Crippen molar-refractivity contribution >= 4 is 47.7 Å². The zero-order chi connectivity index (χ0) is 47.6. The lowest BCUT2D eigenvalue weighted by Gasteiger charge is -2.32. The maximum Gasteiger partial charge on any atom is 0.417 e. The normalized spacial score (nSPS) is 18.8. The van der Waals surface area contributed by atoms with Gasteiger partial charge in [0.15, 0.2) is 11.5 Å². The van der Waals surface area contributed by atoms with Gasteiger partial charge in [0, 0.05) is 70.1 Å². The fourth-order valence-electron chi connectivity index (χ4n) is 8.90. The van der Waals surface area contributed by atoms with Gasteiger partial charge in [-0.15, -0.1) is 0 Å². The third-order valence-corrected chi connectivity index (χ3v) is 13.2. The van der Waals surface area contributed by atoms with Crippen LogP contribution in [-0.2, 0) is 54.1 Å². The molecule has 2 unspecified atom stereocenters. The summed E-state index contributed by atoms with van der Waals surface area (Å²) in [5, 5.41) is 19.5. The van der Waals surface area contributed by atoms with Gasteiger partial charge >= 0.3 is 24.3 Å². The molecule has 4 heterocycles. The van der Waals surface area contributed by atoms with Crippen LogP contribution in [0.5, 0.6) is 11.5 Å². The standard InChI is InChI=1S/C48H42F6N2O10S/c49-47(50,51)43-27(11-17-39(57)55-21-3-1-5-33(55)45(59)60)9-15-37(41(43)31-7-13-35-29(25-31)19-23-63-65-35)67-38-16-10-28(12-18-40(58)56-22-4-2-6-34(56)46(61)62)44(48(52,53)54)42(38)32-8-14-36-30(26-32)20-24-64-66-36/h7-18,25-26,33-34H,1-6,19-24H2,(H,59,60)(H,61,62)/b17-11+,18-12+. The molecule has 4 aromatic carbocycles. The Labute approximate surface area is 383 Å². The van der Waals surface area contributed by atoms with Crippen molar-refractivity contribution in [1.29, 1.82) is 0 Å². The molecular weight excluding hydrogens is 911 g/mol. The minimum Gasteiger partial charge on any atom is -0.480 e. The van der Waals surface area contributed by atoms with Gasteiger partial charge in [0.25, 0.3) is 0 Å². The van der Waals surface area contributed by atoms with E-state index in [2.05, 4.69) is 0 Å². The second kappa shape index (κ2) is 19.5. The Morgan fingerprint density at radius 1 is 0.597 bits per heavy atom. The smallest absolute Gasteiger partial charge is 0.417 e. The number of fused-ring (bicyclic) bond motifs is 2. The first-order valence-corrected chi connectivity index (χ1v) is 22.3. The highest BCUT2D eigenvalue weighted by Gasteiger charge is 2.41. The van der Waals surface area contributed by atoms with Gasteiger partial charge in [-0.05, 0) is 109 Å². The SMILES string of the molecule is O=C(O)C1CCCCN1C(=O)/C=C/c1ccc(Sc2ccc(/C=C/C(=O)N3CCCCC3C(=O)O)c(C(F)(F)F)c2-c2ccc3c(c2)CCOO3)c(-c2ccc3c(c2)CCOO3)c1C(F)(F)F. The van der Waals surface area contributed by atoms with Crippen molar-refractivity contribution in [2.75, 3.05) is 26.3 Å². The Kier molecular flexibility index (Phi) is 13.7. The summed E-state index contributed by atoms with van der Waals surface area (Å²) >= 11 is 0.644. The molecule has 2 saturated heterocycles. The van der Waals surface area contributed by atoms with E-state index in [1.165, 1.54) is 48.5 Å². The fraction of sp³-hybridized carbons (Fsp3) is 0.333. The third-order valence-electron chi connectivity index (χ3n) is 12.0. The first kappa shape index (κ1) is 47.2. The number of hydrogen-bond donors (Lipinski definition) is 2. The zero-order valence-electron chi connectivity index (χ0n) is 35.5. The number of carbonyl (C=O) groups is 4. The molecule has 352 valence electrons. The molecule has 0 aliphatic carbocycles. The third kappa shape index (κ3) is 10.2. The van der Waals surface area contributed by atoms with Gasteiger partial charge in [0.05, 0.1) is 24.3 Å². The molecule has 2 atom stereocenters. The van der Waals surface area contributed by atoms with E-state index in [1.807, 2.05) is 0 Å². The van der Waals surface area contributed by atoms with E-state index in [4.69, 9.17) is 19.6 Å². The van der Waals surface area contributed by atoms with Crippen molar-refractivity contribution in [3.05, 3.63) is 106 Å². The number of nitrogens with zero attached hydrogens (tertiary/aromatic N) is 2. The van der Waals surface area contributed by atoms with Gasteiger partial charge in [0.1, 0.15) is 12.1 Å². The van der Waals surface area contributed by atoms with Crippen molar-refractivity contribution in [3.63, 3.8) is 0 Å². The summed E-state index contributed by atoms with van der Waals surface area (Å²) < 4.78 is 94.4. The second-order valence-corrected chi connectivity index (χ2v) is 17.4. The van der Waals surface area contributed by atoms with Gasteiger partial charge in [0.2, 0.25) is 11.8 Å². The number of carboxylic acid groups (broad SMARTS) is 2. The minimum atomic E-state index is -5.12. The molecule has 2 fully saturated rings. The minimum absolute atomic E-state index is 0.0293. The van der Waals surface area contributed by atoms with Crippen LogP contribution in [0.4, 0.5) is 26.3 Å². The molecule has 67 heavy (non-hydrogen) atoms. The molecule has 12 nitrogen and oxygen atoms in total. The molecule has 2 N–H and O–H groups in total. The van der Waals surface area contributed by atoms with Gasteiger partial charge in [-0.1, -0.05) is 36.0 Å². The Balaban J connectivity index is 1.30. The van der Waals surface area contributed by atoms with Crippen LogP contribution >= 0.6 is 11.8 Å². The Morgan fingerprint density at radius 3 is 1.40 bits per heavy atom. The number of carboxylic acids is 2. The van der Waals surface area contributed by atoms with E-state index >= 15 is 26.3 Å². The van der Waals surface area contributed by atoms with Crippen LogP contribution in [0.2, 0.25) is 0 Å². The number of carbonyl (C=O) groups excluding carboxylic acids is 2. The number of amides is 2. The highest BCUT2D eigenvalue weighted by atomic mass is 32.2. The van der Waals surface area contributed by atoms with Crippen molar-refractivity contribution in [2.45, 2.75) is 85.6 Å². The van der Waals surface area contributed by atoms with Gasteiger partial charge in [-0.25, -0.2) is 9.59 Å². The van der Waals surface area contributed by atoms with E-state index in [0.717, 1.165) is 46.2 Å². The maximum absolute atomic E-state index is 15.7. The van der Waals surface area contributed by atoms with Crippen LogP contribution in [0, 0.1) is 0 Å². The predicted octanol–water partition coefficient (Wildman–Crippen LogP) is 9.90. The summed E-state index contributed by atoms with van der Waals surface area (Å²) in [6, 6.07) is 11.1. The lowest BCUT2D eigenvalue weighted by atomic mass is 9.92. The number of halogens is 6. The Hall–Kier alpha value is -6.31. The van der Waals surface area contributed by atoms with Gasteiger partial charge < -0.3 is 29.8 Å². The first-order chi connectivity index (χ1) is 32.0. The number of aliphatic carboxylic acids is 2. The van der Waals surface area contributed by atoms with Crippen LogP contribution < -0.4 is 9.78 Å². The average Bonchev–Trinajstić information content (AvgIpc) is 3.31. The Bertz CT molecular complexity index is 2490. The summed E-state index contributed by atoms with van der Waals surface area (Å²) in [6.07, 6.45) is -3.52. The average molecular weight is 953 g/mol. The molecule has 0 saturated carbocycles. The van der Waals surface area contributed by atoms with Crippen molar-refractivity contribution < 1.29 is 75.3 Å². The van der Waals surface area contributed by atoms with Crippen LogP contribution in [0.1, 0.15) is 71.9 Å². The molecular formula is C48H42F6N2O10S. The summed E-state index contributed by atoms with van der Waals surface area (Å²) in [5.41, 5.74) is -3.11. The van der Waals surface area contributed by atoms with Crippen LogP contribution in [-0.4, -0.2) is 82.2 Å². The van der Waals surface area contributed by atoms with Gasteiger partial charge in [-0.2, -0.15) is 36.1 Å². The van der Waals surface area contributed by atoms with E-state index in [9.17, 15) is 29.4 Å². The molecule has 0 radical (unpaired) electrons. The summed E-state index contributed by atoms with van der Waals surface area (Å²) in [4.78, 5) is 73.3. The maximum atomic E-state index is 15.7. The second-order valence-electron chi connectivity index (χ2n) is 16.3. The Morgan fingerprint density at radius 2 is 1.01 bits per heavy atom. The number of benzene rings is 4. The molecule has 0 bridgehead atoms. The van der Waals surface area contributed by atoms with Crippen molar-refractivity contribution in [2.24, 2.45) is 0 Å². The molecule has 4 aliphatic rings. The lowest BCUT2D eigenvalue weighted by Crippen LogP contribution is -2.47. The molecule has 0 spiro atoms. The van der Waals surface area contributed by atoms with Crippen LogP contribution in [0.3, 0.4) is 0 Å². The zero-order valence-corrected chi connectivity index (χ0v) is 36.3. The number of rotatable bonds is 10. The van der Waals surface area contributed by atoms with E-state index < -0.39 is 81.6 Å². The number of alkyl halides is 6. The predicted molar refractivity (Wildman–Crippen MR) is 230 cm³/mol. The largest absolute Gasteiger partial charge is 0.480 e. The lowest BCUT2D eigenvalue weighted by molar-refractivity contribution is -0.215. The number of piperidine rings is 2. The first-order valence-electron chi connectivity index (χ1n) is 21.4. The fourth-order valence-corrected chi connectivity index (χ4v) is 10.1. The molecule has 2 amide bonds. The van der Waals surface area contributed by atoms with Crippen molar-refractivity contribution in [3.8, 4) is 33.8 Å². The molecule has 0 aromatic heterocycles. The van der Waals surface area contributed by atoms with Crippen LogP contribution in [0.15, 0.2) is 82.6 Å². The quantitative estimate of drug-likeness (QED) is 0.0888. The topological polar surface area (TPSA) is 152 Å². The van der Waals surface area contributed by atoms with Crippen LogP contribution in [0.25, 0.3) is 34.4 Å². The van der Waals surface area contributed by atoms with E-state index in [0.29, 0.717) is 48.6 Å². The number of likely N-dealkylation sites (tertiary alicyclic amines) is 2. The summed E-state index contributed by atoms with van der Waals surface area (Å²) in [6.45, 7) is 0.371. The molecule has 8 rings (SSSR count). The summed E-state index contributed by atoms with van der Waals surface area (Å²) in [5.74, 6) is -3.56. The highest BCUT2D eigenvalue weighted by molar-refractivity contribution is 7.99. The van der Waals surface area contributed by atoms with E-state index in [1.54, 1.807) is 0 Å². The molecule has 4 aliphatic heterocycles. The summed E-state index contributed by atoms with van der Waals surface area (Å²) in [7, 11) is 0. The molecule has 4 aromatic rings. The highest BCUT2D eigenvalue weighted by Crippen LogP contribution is 2.51. The number of hydrogen-bond acceptors (Lipinski definition) is 9. The molecule has 19 heteroatoms.